The second-order valence-electron chi connectivity index (χ2n) is 6.33. The molecular weight excluding hydrogens is 337 g/mol. The van der Waals surface area contributed by atoms with Gasteiger partial charge in [-0.2, -0.15) is 0 Å². The number of rotatable bonds is 3. The van der Waals surface area contributed by atoms with Gasteiger partial charge in [0.05, 0.1) is 12.7 Å². The number of aromatic nitrogens is 1. The maximum absolute atomic E-state index is 13.5. The van der Waals surface area contributed by atoms with Gasteiger partial charge < -0.3 is 19.2 Å². The van der Waals surface area contributed by atoms with Crippen LogP contribution in [-0.4, -0.2) is 52.8 Å². The minimum absolute atomic E-state index is 0.0275. The number of benzene rings is 1. The summed E-state index contributed by atoms with van der Waals surface area (Å²) in [5, 5.41) is 0.727. The highest BCUT2D eigenvalue weighted by molar-refractivity contribution is 5.92. The van der Waals surface area contributed by atoms with Crippen LogP contribution in [0.15, 0.2) is 47.2 Å². The number of amides is 2. The van der Waals surface area contributed by atoms with Crippen molar-refractivity contribution in [3.05, 3.63) is 59.9 Å². The van der Waals surface area contributed by atoms with Crippen molar-refractivity contribution in [2.24, 2.45) is 0 Å². The second kappa shape index (κ2) is 6.67. The van der Waals surface area contributed by atoms with Gasteiger partial charge in [-0.3, -0.25) is 9.59 Å². The molecule has 0 saturated carbocycles. The quantitative estimate of drug-likeness (QED) is 0.784. The van der Waals surface area contributed by atoms with Crippen molar-refractivity contribution in [2.45, 2.75) is 6.42 Å². The lowest BCUT2D eigenvalue weighted by atomic mass is 10.1. The van der Waals surface area contributed by atoms with Crippen LogP contribution < -0.4 is 0 Å². The van der Waals surface area contributed by atoms with Crippen molar-refractivity contribution < 1.29 is 18.4 Å². The van der Waals surface area contributed by atoms with E-state index in [2.05, 4.69) is 4.98 Å². The van der Waals surface area contributed by atoms with Gasteiger partial charge >= 0.3 is 0 Å². The summed E-state index contributed by atoms with van der Waals surface area (Å²) >= 11 is 0. The van der Waals surface area contributed by atoms with Gasteiger partial charge in [0.15, 0.2) is 5.76 Å². The molecule has 1 aromatic carbocycles. The molecule has 1 saturated heterocycles. The molecule has 1 aliphatic rings. The molecule has 26 heavy (non-hydrogen) atoms. The lowest BCUT2D eigenvalue weighted by molar-refractivity contribution is -0.131. The summed E-state index contributed by atoms with van der Waals surface area (Å²) in [6.07, 6.45) is 3.42. The zero-order valence-corrected chi connectivity index (χ0v) is 14.1. The third kappa shape index (κ3) is 3.08. The van der Waals surface area contributed by atoms with Crippen LogP contribution in [0.2, 0.25) is 0 Å². The minimum atomic E-state index is -0.323. The SMILES string of the molecule is O=C(Cc1c[nH]c2ccc(F)cc12)N1CCN(C(=O)c2ccco2)CC1. The van der Waals surface area contributed by atoms with Gasteiger partial charge in [0.2, 0.25) is 5.91 Å². The van der Waals surface area contributed by atoms with Gasteiger partial charge in [-0.1, -0.05) is 0 Å². The van der Waals surface area contributed by atoms with Crippen LogP contribution in [0.4, 0.5) is 4.39 Å². The highest BCUT2D eigenvalue weighted by Crippen LogP contribution is 2.21. The Morgan fingerprint density at radius 3 is 2.62 bits per heavy atom. The number of hydrogen-bond donors (Lipinski definition) is 1. The van der Waals surface area contributed by atoms with E-state index in [0.717, 1.165) is 16.5 Å². The molecule has 4 rings (SSSR count). The van der Waals surface area contributed by atoms with Crippen LogP contribution >= 0.6 is 0 Å². The van der Waals surface area contributed by atoms with E-state index in [-0.39, 0.29) is 24.1 Å². The van der Waals surface area contributed by atoms with E-state index in [1.54, 1.807) is 34.2 Å². The van der Waals surface area contributed by atoms with E-state index >= 15 is 0 Å². The summed E-state index contributed by atoms with van der Waals surface area (Å²) in [4.78, 5) is 31.3. The first-order valence-electron chi connectivity index (χ1n) is 8.48. The van der Waals surface area contributed by atoms with E-state index in [1.165, 1.54) is 18.4 Å². The number of nitrogens with zero attached hydrogens (tertiary/aromatic N) is 2. The third-order valence-electron chi connectivity index (χ3n) is 4.72. The number of nitrogens with one attached hydrogen (secondary N) is 1. The zero-order chi connectivity index (χ0) is 18.1. The number of furan rings is 1. The fraction of sp³-hybridized carbons (Fsp3) is 0.263. The number of fused-ring (bicyclic) bond motifs is 1. The monoisotopic (exact) mass is 355 g/mol. The summed E-state index contributed by atoms with van der Waals surface area (Å²) < 4.78 is 18.6. The number of carbonyl (C=O) groups is 2. The first-order valence-corrected chi connectivity index (χ1v) is 8.48. The predicted molar refractivity (Wildman–Crippen MR) is 93.2 cm³/mol. The van der Waals surface area contributed by atoms with Crippen molar-refractivity contribution in [2.75, 3.05) is 26.2 Å². The fourth-order valence-electron chi connectivity index (χ4n) is 3.29. The highest BCUT2D eigenvalue weighted by atomic mass is 19.1. The Balaban J connectivity index is 1.39. The molecule has 1 aliphatic heterocycles. The van der Waals surface area contributed by atoms with Gasteiger partial charge in [0.25, 0.3) is 5.91 Å². The molecule has 7 heteroatoms. The maximum Gasteiger partial charge on any atom is 0.289 e. The molecule has 0 atom stereocenters. The minimum Gasteiger partial charge on any atom is -0.459 e. The summed E-state index contributed by atoms with van der Waals surface area (Å²) in [6, 6.07) is 7.80. The van der Waals surface area contributed by atoms with Crippen LogP contribution in [0.1, 0.15) is 16.1 Å². The average molecular weight is 355 g/mol. The molecule has 1 fully saturated rings. The van der Waals surface area contributed by atoms with Gasteiger partial charge in [-0.25, -0.2) is 4.39 Å². The van der Waals surface area contributed by atoms with Gasteiger partial charge in [0, 0.05) is 43.3 Å². The first-order chi connectivity index (χ1) is 12.6. The van der Waals surface area contributed by atoms with Crippen LogP contribution in [0.3, 0.4) is 0 Å². The van der Waals surface area contributed by atoms with Crippen molar-refractivity contribution in [3.63, 3.8) is 0 Å². The molecule has 6 nitrogen and oxygen atoms in total. The van der Waals surface area contributed by atoms with Crippen molar-refractivity contribution in [1.82, 2.24) is 14.8 Å². The van der Waals surface area contributed by atoms with E-state index in [1.807, 2.05) is 0 Å². The highest BCUT2D eigenvalue weighted by Gasteiger charge is 2.26. The number of hydrogen-bond acceptors (Lipinski definition) is 3. The van der Waals surface area contributed by atoms with Crippen molar-refractivity contribution in [3.8, 4) is 0 Å². The predicted octanol–water partition coefficient (Wildman–Crippen LogP) is 2.43. The summed E-state index contributed by atoms with van der Waals surface area (Å²) in [7, 11) is 0. The molecule has 3 aromatic rings. The third-order valence-corrected chi connectivity index (χ3v) is 4.72. The van der Waals surface area contributed by atoms with Gasteiger partial charge in [-0.15, -0.1) is 0 Å². The smallest absolute Gasteiger partial charge is 0.289 e. The Morgan fingerprint density at radius 2 is 1.88 bits per heavy atom. The Labute approximate surface area is 149 Å². The standard InChI is InChI=1S/C19H18FN3O3/c20-14-3-4-16-15(11-14)13(12-21-16)10-18(24)22-5-7-23(8-6-22)19(25)17-2-1-9-26-17/h1-4,9,11-12,21H,5-8,10H2. The maximum atomic E-state index is 13.5. The number of H-pyrrole nitrogens is 1. The van der Waals surface area contributed by atoms with Crippen LogP contribution in [0, 0.1) is 5.82 Å². The number of piperazine rings is 1. The average Bonchev–Trinajstić information content (AvgIpc) is 3.32. The number of carbonyl (C=O) groups excluding carboxylic acids is 2. The van der Waals surface area contributed by atoms with Crippen LogP contribution in [0.5, 0.6) is 0 Å². The van der Waals surface area contributed by atoms with E-state index in [0.29, 0.717) is 31.9 Å². The Kier molecular flexibility index (Phi) is 4.20. The molecule has 2 aromatic heterocycles. The summed E-state index contributed by atoms with van der Waals surface area (Å²) in [6.45, 7) is 1.88. The Morgan fingerprint density at radius 1 is 1.12 bits per heavy atom. The molecule has 3 heterocycles. The second-order valence-corrected chi connectivity index (χ2v) is 6.33. The van der Waals surface area contributed by atoms with Gasteiger partial charge in [0.1, 0.15) is 5.82 Å². The largest absolute Gasteiger partial charge is 0.459 e. The zero-order valence-electron chi connectivity index (χ0n) is 14.1. The topological polar surface area (TPSA) is 69.6 Å². The molecule has 0 bridgehead atoms. The molecule has 0 radical (unpaired) electrons. The Hall–Kier alpha value is -3.09. The van der Waals surface area contributed by atoms with Gasteiger partial charge in [-0.05, 0) is 35.9 Å². The van der Waals surface area contributed by atoms with Crippen molar-refractivity contribution >= 4 is 22.7 Å². The molecule has 134 valence electrons. The molecule has 0 unspecified atom stereocenters. The van der Waals surface area contributed by atoms with E-state index in [9.17, 15) is 14.0 Å². The Bertz CT molecular complexity index is 940. The first kappa shape index (κ1) is 16.4. The molecule has 2 amide bonds. The number of halogens is 1. The number of aromatic amines is 1. The molecule has 1 N–H and O–H groups in total. The van der Waals surface area contributed by atoms with Crippen LogP contribution in [-0.2, 0) is 11.2 Å². The van der Waals surface area contributed by atoms with Crippen molar-refractivity contribution in [1.29, 1.82) is 0 Å². The fourth-order valence-corrected chi connectivity index (χ4v) is 3.29. The molecule has 0 spiro atoms. The summed E-state index contributed by atoms with van der Waals surface area (Å²) in [5.41, 5.74) is 1.58. The molecular formula is C19H18FN3O3. The molecule has 0 aliphatic carbocycles. The summed E-state index contributed by atoms with van der Waals surface area (Å²) in [5.74, 6) is -0.198. The van der Waals surface area contributed by atoms with E-state index < -0.39 is 0 Å². The van der Waals surface area contributed by atoms with E-state index in [4.69, 9.17) is 4.42 Å². The normalized spacial score (nSPS) is 14.8. The van der Waals surface area contributed by atoms with Crippen LogP contribution in [0.25, 0.3) is 10.9 Å². The lowest BCUT2D eigenvalue weighted by Gasteiger charge is -2.34. The lowest BCUT2D eigenvalue weighted by Crippen LogP contribution is -2.50.